The topological polar surface area (TPSA) is 61.7 Å². The van der Waals surface area contributed by atoms with Crippen LogP contribution in [0, 0.1) is 0 Å². The third kappa shape index (κ3) is 7.92. The maximum Gasteiger partial charge on any atom is 0.226 e. The lowest BCUT2D eigenvalue weighted by molar-refractivity contribution is -0.116. The molecule has 6 nitrogen and oxygen atoms in total. The van der Waals surface area contributed by atoms with Gasteiger partial charge in [-0.2, -0.15) is 0 Å². The van der Waals surface area contributed by atoms with Gasteiger partial charge < -0.3 is 20.1 Å². The molecule has 1 heterocycles. The predicted octanol–water partition coefficient (Wildman–Crippen LogP) is 3.83. The molecule has 0 radical (unpaired) electrons. The number of rotatable bonds is 7. The number of nitrogens with one attached hydrogen (secondary N) is 2. The van der Waals surface area contributed by atoms with Crippen LogP contribution in [0.5, 0.6) is 0 Å². The van der Waals surface area contributed by atoms with Crippen molar-refractivity contribution in [3.8, 4) is 0 Å². The van der Waals surface area contributed by atoms with Crippen molar-refractivity contribution in [3.05, 3.63) is 52.8 Å². The molecule has 0 saturated heterocycles. The van der Waals surface area contributed by atoms with Gasteiger partial charge in [0.2, 0.25) is 5.91 Å². The molecule has 2 aromatic rings. The first-order chi connectivity index (χ1) is 12.5. The maximum atomic E-state index is 12.1. The highest BCUT2D eigenvalue weighted by Gasteiger charge is 2.09. The number of guanidine groups is 1. The van der Waals surface area contributed by atoms with Crippen molar-refractivity contribution in [2.24, 2.45) is 12.0 Å². The molecule has 8 heteroatoms. The summed E-state index contributed by atoms with van der Waals surface area (Å²) in [6.07, 6.45) is 2.36. The molecule has 0 bridgehead atoms. The molecule has 2 N–H and O–H groups in total. The second kappa shape index (κ2) is 12.0. The summed E-state index contributed by atoms with van der Waals surface area (Å²) in [6.45, 7) is 4.00. The number of benzene rings is 1. The molecular weight excluding hydrogens is 521 g/mol. The zero-order valence-electron chi connectivity index (χ0n) is 15.9. The Morgan fingerprint density at radius 1 is 1.26 bits per heavy atom. The minimum absolute atomic E-state index is 0. The molecule has 0 atom stereocenters. The summed E-state index contributed by atoms with van der Waals surface area (Å²) < 4.78 is 3.07. The summed E-state index contributed by atoms with van der Waals surface area (Å²) in [4.78, 5) is 18.7. The van der Waals surface area contributed by atoms with Crippen LogP contribution in [0.3, 0.4) is 0 Å². The van der Waals surface area contributed by atoms with Crippen LogP contribution in [-0.4, -0.2) is 41.5 Å². The third-order valence-corrected chi connectivity index (χ3v) is 4.40. The van der Waals surface area contributed by atoms with Crippen molar-refractivity contribution in [2.45, 2.75) is 19.9 Å². The lowest BCUT2D eigenvalue weighted by Gasteiger charge is -2.22. The molecule has 0 fully saturated rings. The van der Waals surface area contributed by atoms with Crippen LogP contribution in [0.2, 0.25) is 0 Å². The van der Waals surface area contributed by atoms with Gasteiger partial charge in [-0.15, -0.1) is 24.0 Å². The number of amides is 1. The Bertz CT molecular complexity index is 745. The van der Waals surface area contributed by atoms with Crippen LogP contribution >= 0.6 is 39.9 Å². The third-order valence-electron chi connectivity index (χ3n) is 3.88. The van der Waals surface area contributed by atoms with E-state index in [1.54, 1.807) is 0 Å². The highest BCUT2D eigenvalue weighted by atomic mass is 127. The highest BCUT2D eigenvalue weighted by molar-refractivity contribution is 14.0. The van der Waals surface area contributed by atoms with Crippen LogP contribution in [0.1, 0.15) is 19.0 Å². The molecule has 2 rings (SSSR count). The SMILES string of the molecule is CCNC(=NCCC(=O)Nc1ccc(Br)cc1)N(C)Cc1cccn1C.I. The van der Waals surface area contributed by atoms with Crippen molar-refractivity contribution in [3.63, 3.8) is 0 Å². The van der Waals surface area contributed by atoms with Gasteiger partial charge in [-0.05, 0) is 43.3 Å². The molecule has 1 aromatic carbocycles. The first-order valence-corrected chi connectivity index (χ1v) is 9.44. The highest BCUT2D eigenvalue weighted by Crippen LogP contribution is 2.14. The normalized spacial score (nSPS) is 10.9. The fraction of sp³-hybridized carbons (Fsp3) is 0.368. The van der Waals surface area contributed by atoms with Gasteiger partial charge in [0.25, 0.3) is 0 Å². The van der Waals surface area contributed by atoms with Crippen LogP contribution < -0.4 is 10.6 Å². The second-order valence-electron chi connectivity index (χ2n) is 6.01. The maximum absolute atomic E-state index is 12.1. The Kier molecular flexibility index (Phi) is 10.5. The number of aromatic nitrogens is 1. The van der Waals surface area contributed by atoms with Gasteiger partial charge in [0.1, 0.15) is 0 Å². The summed E-state index contributed by atoms with van der Waals surface area (Å²) in [5.74, 6) is 0.752. The quantitative estimate of drug-likeness (QED) is 0.314. The average molecular weight is 548 g/mol. The van der Waals surface area contributed by atoms with E-state index in [9.17, 15) is 4.79 Å². The van der Waals surface area contributed by atoms with Crippen molar-refractivity contribution >= 4 is 57.5 Å². The fourth-order valence-corrected chi connectivity index (χ4v) is 2.73. The minimum Gasteiger partial charge on any atom is -0.357 e. The number of hydrogen-bond donors (Lipinski definition) is 2. The van der Waals surface area contributed by atoms with Crippen molar-refractivity contribution in [2.75, 3.05) is 25.5 Å². The summed E-state index contributed by atoms with van der Waals surface area (Å²) in [7, 11) is 4.02. The van der Waals surface area contributed by atoms with Gasteiger partial charge in [-0.1, -0.05) is 15.9 Å². The summed E-state index contributed by atoms with van der Waals surface area (Å²) >= 11 is 3.38. The Morgan fingerprint density at radius 2 is 1.96 bits per heavy atom. The standard InChI is InChI=1S/C19H26BrN5O.HI/c1-4-21-19(25(3)14-17-6-5-13-24(17)2)22-12-11-18(26)23-16-9-7-15(20)8-10-16;/h5-10,13H,4,11-12,14H2,1-3H3,(H,21,22)(H,23,26);1H. The van der Waals surface area contributed by atoms with Crippen LogP contribution in [0.25, 0.3) is 0 Å². The van der Waals surface area contributed by atoms with E-state index >= 15 is 0 Å². The number of nitrogens with zero attached hydrogens (tertiary/aromatic N) is 3. The molecule has 0 spiro atoms. The molecule has 0 unspecified atom stereocenters. The van der Waals surface area contributed by atoms with Gasteiger partial charge in [0.05, 0.1) is 13.1 Å². The minimum atomic E-state index is -0.0444. The van der Waals surface area contributed by atoms with Gasteiger partial charge in [-0.25, -0.2) is 0 Å². The van der Waals surface area contributed by atoms with Crippen LogP contribution in [0.4, 0.5) is 5.69 Å². The number of carbonyl (C=O) groups is 1. The molecule has 0 aliphatic rings. The van der Waals surface area contributed by atoms with E-state index < -0.39 is 0 Å². The zero-order chi connectivity index (χ0) is 18.9. The van der Waals surface area contributed by atoms with E-state index in [-0.39, 0.29) is 29.9 Å². The van der Waals surface area contributed by atoms with E-state index in [1.165, 1.54) is 5.69 Å². The Labute approximate surface area is 186 Å². The molecular formula is C19H27BrIN5O. The first kappa shape index (κ1) is 23.5. The number of hydrogen-bond acceptors (Lipinski definition) is 2. The molecule has 0 saturated carbocycles. The van der Waals surface area contributed by atoms with E-state index in [1.807, 2.05) is 57.5 Å². The number of aliphatic imine (C=N–C) groups is 1. The van der Waals surface area contributed by atoms with Crippen molar-refractivity contribution in [1.29, 1.82) is 0 Å². The van der Waals surface area contributed by atoms with Gasteiger partial charge in [0.15, 0.2) is 5.96 Å². The Morgan fingerprint density at radius 3 is 2.56 bits per heavy atom. The Hall–Kier alpha value is -1.55. The average Bonchev–Trinajstić information content (AvgIpc) is 3.01. The van der Waals surface area contributed by atoms with Gasteiger partial charge in [0, 0.05) is 49.1 Å². The summed E-state index contributed by atoms with van der Waals surface area (Å²) in [6, 6.07) is 11.6. The number of carbonyl (C=O) groups excluding carboxylic acids is 1. The summed E-state index contributed by atoms with van der Waals surface area (Å²) in [5, 5.41) is 6.16. The molecule has 1 amide bonds. The molecule has 1 aromatic heterocycles. The summed E-state index contributed by atoms with van der Waals surface area (Å²) in [5.41, 5.74) is 1.99. The van der Waals surface area contributed by atoms with E-state index in [2.05, 4.69) is 47.1 Å². The monoisotopic (exact) mass is 547 g/mol. The molecule has 148 valence electrons. The Balaban J connectivity index is 0.00000364. The van der Waals surface area contributed by atoms with E-state index in [0.29, 0.717) is 13.0 Å². The molecule has 27 heavy (non-hydrogen) atoms. The zero-order valence-corrected chi connectivity index (χ0v) is 19.8. The van der Waals surface area contributed by atoms with Gasteiger partial charge >= 0.3 is 0 Å². The lowest BCUT2D eigenvalue weighted by atomic mass is 10.3. The largest absolute Gasteiger partial charge is 0.357 e. The lowest BCUT2D eigenvalue weighted by Crippen LogP contribution is -2.39. The smallest absolute Gasteiger partial charge is 0.226 e. The van der Waals surface area contributed by atoms with Crippen molar-refractivity contribution in [1.82, 2.24) is 14.8 Å². The van der Waals surface area contributed by atoms with Crippen LogP contribution in [0.15, 0.2) is 52.1 Å². The van der Waals surface area contributed by atoms with E-state index in [4.69, 9.17) is 0 Å². The van der Waals surface area contributed by atoms with Gasteiger partial charge in [-0.3, -0.25) is 9.79 Å². The predicted molar refractivity (Wildman–Crippen MR) is 126 cm³/mol. The number of anilines is 1. The second-order valence-corrected chi connectivity index (χ2v) is 6.92. The fourth-order valence-electron chi connectivity index (χ4n) is 2.47. The number of halogens is 2. The molecule has 0 aliphatic heterocycles. The first-order valence-electron chi connectivity index (χ1n) is 8.64. The number of aryl methyl sites for hydroxylation is 1. The van der Waals surface area contributed by atoms with E-state index in [0.717, 1.165) is 29.2 Å². The molecule has 0 aliphatic carbocycles. The van der Waals surface area contributed by atoms with Crippen molar-refractivity contribution < 1.29 is 4.79 Å². The van der Waals surface area contributed by atoms with Crippen LogP contribution in [-0.2, 0) is 18.4 Å².